The lowest BCUT2D eigenvalue weighted by atomic mass is 10.1. The minimum Gasteiger partial charge on any atom is -0.388 e. The Hall–Kier alpha value is -1.53. The highest BCUT2D eigenvalue weighted by molar-refractivity contribution is 5.90. The normalized spacial score (nSPS) is 29.3. The molecular formula is C21H30O5. The van der Waals surface area contributed by atoms with Gasteiger partial charge in [-0.3, -0.25) is 4.79 Å². The number of unbranched alkanes of at least 4 members (excludes halogenated alkanes) is 1. The van der Waals surface area contributed by atoms with Crippen molar-refractivity contribution in [3.8, 4) is 0 Å². The molecule has 2 fully saturated rings. The third kappa shape index (κ3) is 7.38. The van der Waals surface area contributed by atoms with Gasteiger partial charge < -0.3 is 19.3 Å². The number of allylic oxidation sites excluding steroid dienone is 7. The lowest BCUT2D eigenvalue weighted by Gasteiger charge is -2.28. The van der Waals surface area contributed by atoms with Crippen LogP contribution >= 0.6 is 0 Å². The third-order valence-electron chi connectivity index (χ3n) is 4.34. The van der Waals surface area contributed by atoms with Crippen LogP contribution in [0.4, 0.5) is 0 Å². The van der Waals surface area contributed by atoms with E-state index in [0.29, 0.717) is 12.8 Å². The molecule has 0 aromatic rings. The van der Waals surface area contributed by atoms with Crippen molar-refractivity contribution >= 4 is 5.78 Å². The van der Waals surface area contributed by atoms with Gasteiger partial charge in [0.05, 0.1) is 6.10 Å². The zero-order valence-electron chi connectivity index (χ0n) is 15.7. The number of ether oxygens (including phenoxy) is 3. The number of aliphatic hydroxyl groups is 1. The van der Waals surface area contributed by atoms with E-state index in [2.05, 4.69) is 6.58 Å². The van der Waals surface area contributed by atoms with Crippen LogP contribution in [0.2, 0.25) is 0 Å². The molecule has 5 heteroatoms. The smallest absolute Gasteiger partial charge is 0.187 e. The summed E-state index contributed by atoms with van der Waals surface area (Å²) in [4.78, 5) is 11.9. The summed E-state index contributed by atoms with van der Waals surface area (Å²) < 4.78 is 16.5. The molecule has 0 amide bonds. The summed E-state index contributed by atoms with van der Waals surface area (Å²) in [6.07, 6.45) is 13.0. The van der Waals surface area contributed by atoms with E-state index in [-0.39, 0.29) is 24.3 Å². The van der Waals surface area contributed by atoms with Crippen LogP contribution in [0.1, 0.15) is 46.0 Å². The van der Waals surface area contributed by atoms with Gasteiger partial charge in [0.1, 0.15) is 12.2 Å². The number of hydrogen-bond acceptors (Lipinski definition) is 5. The molecule has 144 valence electrons. The first-order valence-corrected chi connectivity index (χ1v) is 9.33. The van der Waals surface area contributed by atoms with E-state index in [1.165, 1.54) is 0 Å². The predicted octanol–water partition coefficient (Wildman–Crippen LogP) is 3.60. The third-order valence-corrected chi connectivity index (χ3v) is 4.34. The number of carbonyl (C=O) groups excluding carboxylic acids is 1. The van der Waals surface area contributed by atoms with Crippen molar-refractivity contribution in [2.75, 3.05) is 0 Å². The Morgan fingerprint density at radius 2 is 2.08 bits per heavy atom. The Kier molecular flexibility index (Phi) is 8.45. The van der Waals surface area contributed by atoms with E-state index in [9.17, 15) is 9.90 Å². The van der Waals surface area contributed by atoms with Crippen LogP contribution < -0.4 is 0 Å². The summed E-state index contributed by atoms with van der Waals surface area (Å²) in [6, 6.07) is 0. The molecular weight excluding hydrogens is 332 g/mol. The second-order valence-electron chi connectivity index (χ2n) is 6.80. The minimum atomic E-state index is -0.636. The quantitative estimate of drug-likeness (QED) is 0.263. The molecule has 0 spiro atoms. The zero-order chi connectivity index (χ0) is 18.9. The SMILES string of the molecule is C=C(C=CC=CC)C=CC(=O)CCCCC(C)OC1OC2OC2CC1O. The van der Waals surface area contributed by atoms with Gasteiger partial charge in [0.2, 0.25) is 0 Å². The lowest BCUT2D eigenvalue weighted by Crippen LogP contribution is -2.40. The van der Waals surface area contributed by atoms with Crippen molar-refractivity contribution in [3.05, 3.63) is 48.6 Å². The summed E-state index contributed by atoms with van der Waals surface area (Å²) in [5, 5.41) is 9.93. The number of rotatable bonds is 11. The standard InChI is InChI=1S/C21H30O5/c1-4-5-6-9-15(2)12-13-17(22)11-8-7-10-16(3)24-20-18(23)14-19-21(25-19)26-20/h4-6,9,12-13,16,18-21,23H,2,7-8,10-11,14H2,1,3H3. The maximum atomic E-state index is 11.9. The van der Waals surface area contributed by atoms with Crippen LogP contribution in [-0.2, 0) is 19.0 Å². The molecule has 0 aromatic carbocycles. The highest BCUT2D eigenvalue weighted by Crippen LogP contribution is 2.36. The average molecular weight is 362 g/mol. The Labute approximate surface area is 156 Å². The molecule has 2 aliphatic rings. The Morgan fingerprint density at radius 3 is 2.85 bits per heavy atom. The Balaban J connectivity index is 1.56. The van der Waals surface area contributed by atoms with Crippen molar-refractivity contribution in [2.45, 2.75) is 76.8 Å². The molecule has 2 heterocycles. The van der Waals surface area contributed by atoms with E-state index in [0.717, 1.165) is 24.8 Å². The summed E-state index contributed by atoms with van der Waals surface area (Å²) >= 11 is 0. The van der Waals surface area contributed by atoms with Gasteiger partial charge in [0.15, 0.2) is 18.4 Å². The summed E-state index contributed by atoms with van der Waals surface area (Å²) in [7, 11) is 0. The van der Waals surface area contributed by atoms with Gasteiger partial charge in [-0.1, -0.05) is 43.4 Å². The van der Waals surface area contributed by atoms with Crippen LogP contribution in [0.15, 0.2) is 48.6 Å². The van der Waals surface area contributed by atoms with E-state index < -0.39 is 12.4 Å². The largest absolute Gasteiger partial charge is 0.388 e. The monoisotopic (exact) mass is 362 g/mol. The number of hydrogen-bond donors (Lipinski definition) is 1. The molecule has 0 aromatic heterocycles. The molecule has 2 saturated heterocycles. The van der Waals surface area contributed by atoms with Crippen molar-refractivity contribution in [2.24, 2.45) is 0 Å². The second-order valence-corrected chi connectivity index (χ2v) is 6.80. The fourth-order valence-corrected chi connectivity index (χ4v) is 2.77. The molecule has 0 saturated carbocycles. The number of aliphatic hydroxyl groups excluding tert-OH is 1. The van der Waals surface area contributed by atoms with Crippen molar-refractivity contribution in [1.29, 1.82) is 0 Å². The first-order valence-electron chi connectivity index (χ1n) is 9.33. The Morgan fingerprint density at radius 1 is 1.27 bits per heavy atom. The van der Waals surface area contributed by atoms with Crippen molar-refractivity contribution < 1.29 is 24.1 Å². The van der Waals surface area contributed by atoms with Crippen LogP contribution in [0.25, 0.3) is 0 Å². The molecule has 5 atom stereocenters. The van der Waals surface area contributed by atoms with E-state index in [1.54, 1.807) is 12.2 Å². The summed E-state index contributed by atoms with van der Waals surface area (Å²) in [5.41, 5.74) is 0.798. The predicted molar refractivity (Wildman–Crippen MR) is 100 cm³/mol. The van der Waals surface area contributed by atoms with E-state index in [1.807, 2.05) is 38.2 Å². The van der Waals surface area contributed by atoms with Gasteiger partial charge in [-0.15, -0.1) is 0 Å². The molecule has 2 aliphatic heterocycles. The van der Waals surface area contributed by atoms with Gasteiger partial charge in [0.25, 0.3) is 0 Å². The topological polar surface area (TPSA) is 68.3 Å². The van der Waals surface area contributed by atoms with Crippen LogP contribution in [0, 0.1) is 0 Å². The molecule has 0 radical (unpaired) electrons. The molecule has 5 nitrogen and oxygen atoms in total. The summed E-state index contributed by atoms with van der Waals surface area (Å²) in [6.45, 7) is 7.77. The van der Waals surface area contributed by atoms with Gasteiger partial charge in [-0.05, 0) is 38.3 Å². The molecule has 1 N–H and O–H groups in total. The average Bonchev–Trinajstić information content (AvgIpc) is 3.35. The maximum Gasteiger partial charge on any atom is 0.187 e. The molecule has 5 unspecified atom stereocenters. The van der Waals surface area contributed by atoms with Crippen LogP contribution in [0.3, 0.4) is 0 Å². The zero-order valence-corrected chi connectivity index (χ0v) is 15.7. The highest BCUT2D eigenvalue weighted by Gasteiger charge is 2.50. The summed E-state index contributed by atoms with van der Waals surface area (Å²) in [5.74, 6) is 0.0992. The number of ketones is 1. The lowest BCUT2D eigenvalue weighted by molar-refractivity contribution is -0.239. The van der Waals surface area contributed by atoms with E-state index in [4.69, 9.17) is 14.2 Å². The number of carbonyl (C=O) groups is 1. The minimum absolute atomic E-state index is 0.0351. The first-order chi connectivity index (χ1) is 12.5. The molecule has 2 rings (SSSR count). The molecule has 26 heavy (non-hydrogen) atoms. The van der Waals surface area contributed by atoms with Crippen LogP contribution in [-0.4, -0.2) is 41.8 Å². The number of epoxide rings is 1. The first kappa shape index (κ1) is 20.8. The molecule has 0 aliphatic carbocycles. The van der Waals surface area contributed by atoms with Crippen molar-refractivity contribution in [1.82, 2.24) is 0 Å². The van der Waals surface area contributed by atoms with Gasteiger partial charge >= 0.3 is 0 Å². The van der Waals surface area contributed by atoms with Crippen LogP contribution in [0.5, 0.6) is 0 Å². The Bertz CT molecular complexity index is 563. The fraction of sp³-hybridized carbons (Fsp3) is 0.571. The van der Waals surface area contributed by atoms with Gasteiger partial charge in [-0.25, -0.2) is 0 Å². The van der Waals surface area contributed by atoms with Gasteiger partial charge in [-0.2, -0.15) is 0 Å². The second kappa shape index (κ2) is 10.6. The van der Waals surface area contributed by atoms with Crippen molar-refractivity contribution in [3.63, 3.8) is 0 Å². The highest BCUT2D eigenvalue weighted by atomic mass is 16.8. The van der Waals surface area contributed by atoms with E-state index >= 15 is 0 Å². The fourth-order valence-electron chi connectivity index (χ4n) is 2.77. The number of fused-ring (bicyclic) bond motifs is 1. The van der Waals surface area contributed by atoms with Gasteiger partial charge in [0, 0.05) is 12.8 Å². The maximum absolute atomic E-state index is 11.9. The molecule has 0 bridgehead atoms.